The minimum atomic E-state index is -0.933. The second kappa shape index (κ2) is 8.37. The molecule has 1 aromatic heterocycles. The lowest BCUT2D eigenvalue weighted by atomic mass is 10.2. The van der Waals surface area contributed by atoms with Gasteiger partial charge in [-0.2, -0.15) is 0 Å². The molecule has 0 spiro atoms. The van der Waals surface area contributed by atoms with Crippen LogP contribution in [-0.4, -0.2) is 28.2 Å². The Bertz CT molecular complexity index is 986. The summed E-state index contributed by atoms with van der Waals surface area (Å²) in [6, 6.07) is 12.5. The Morgan fingerprint density at radius 3 is 2.59 bits per heavy atom. The van der Waals surface area contributed by atoms with Gasteiger partial charge in [-0.05, 0) is 43.3 Å². The highest BCUT2D eigenvalue weighted by atomic mass is 35.5. The summed E-state index contributed by atoms with van der Waals surface area (Å²) >= 11 is 7.43. The van der Waals surface area contributed by atoms with E-state index in [4.69, 9.17) is 11.6 Å². The molecule has 2 amide bonds. The number of halogens is 1. The van der Waals surface area contributed by atoms with Crippen LogP contribution in [0.4, 0.5) is 10.5 Å². The van der Waals surface area contributed by atoms with Crippen molar-refractivity contribution in [2.45, 2.75) is 23.3 Å². The molecule has 0 bridgehead atoms. The summed E-state index contributed by atoms with van der Waals surface area (Å²) in [6.07, 6.45) is 1.79. The number of benzene rings is 2. The minimum absolute atomic E-state index is 0.164. The van der Waals surface area contributed by atoms with Gasteiger partial charge < -0.3 is 20.3 Å². The van der Waals surface area contributed by atoms with Crippen LogP contribution in [0.2, 0.25) is 5.02 Å². The van der Waals surface area contributed by atoms with E-state index in [1.165, 1.54) is 11.8 Å². The first-order valence-corrected chi connectivity index (χ1v) is 9.49. The molecule has 0 aliphatic heterocycles. The molecule has 27 heavy (non-hydrogen) atoms. The Hall–Kier alpha value is -2.64. The van der Waals surface area contributed by atoms with Gasteiger partial charge in [0.2, 0.25) is 0 Å². The number of carboxylic acid groups (broad SMARTS) is 1. The number of urea groups is 1. The lowest BCUT2D eigenvalue weighted by Gasteiger charge is -2.09. The number of aromatic nitrogens is 1. The topological polar surface area (TPSA) is 83.4 Å². The van der Waals surface area contributed by atoms with Crippen molar-refractivity contribution in [2.24, 2.45) is 0 Å². The lowest BCUT2D eigenvalue weighted by Crippen LogP contribution is -2.28. The fourth-order valence-corrected chi connectivity index (χ4v) is 3.88. The van der Waals surface area contributed by atoms with Crippen LogP contribution < -0.4 is 10.6 Å². The van der Waals surface area contributed by atoms with Crippen molar-refractivity contribution in [2.75, 3.05) is 11.9 Å². The number of nitrogens with one attached hydrogen (secondary N) is 2. The van der Waals surface area contributed by atoms with Crippen molar-refractivity contribution in [3.8, 4) is 0 Å². The summed E-state index contributed by atoms with van der Waals surface area (Å²) in [7, 11) is 0. The molecular formula is C19H18ClN3O3S. The van der Waals surface area contributed by atoms with Crippen LogP contribution in [0.3, 0.4) is 0 Å². The summed E-state index contributed by atoms with van der Waals surface area (Å²) in [6.45, 7) is 2.18. The van der Waals surface area contributed by atoms with Gasteiger partial charge in [-0.3, -0.25) is 4.79 Å². The quantitative estimate of drug-likeness (QED) is 0.558. The molecule has 0 radical (unpaired) electrons. The number of fused-ring (bicyclic) bond motifs is 1. The number of carboxylic acids is 1. The van der Waals surface area contributed by atoms with Crippen LogP contribution in [0.15, 0.2) is 58.5 Å². The van der Waals surface area contributed by atoms with Crippen molar-refractivity contribution in [3.05, 3.63) is 53.7 Å². The molecule has 0 aliphatic rings. The molecule has 140 valence electrons. The normalized spacial score (nSPS) is 10.7. The fourth-order valence-electron chi connectivity index (χ4n) is 2.73. The van der Waals surface area contributed by atoms with E-state index in [-0.39, 0.29) is 12.6 Å². The highest BCUT2D eigenvalue weighted by molar-refractivity contribution is 7.99. The Labute approximate surface area is 165 Å². The van der Waals surface area contributed by atoms with Gasteiger partial charge in [-0.15, -0.1) is 0 Å². The van der Waals surface area contributed by atoms with Gasteiger partial charge >= 0.3 is 12.0 Å². The van der Waals surface area contributed by atoms with E-state index in [0.717, 1.165) is 20.7 Å². The van der Waals surface area contributed by atoms with Crippen molar-refractivity contribution in [3.63, 3.8) is 0 Å². The van der Waals surface area contributed by atoms with Crippen molar-refractivity contribution < 1.29 is 14.7 Å². The number of carbonyl (C=O) groups is 2. The average Bonchev–Trinajstić information content (AvgIpc) is 2.95. The first-order valence-electron chi connectivity index (χ1n) is 8.30. The zero-order valence-electron chi connectivity index (χ0n) is 14.5. The van der Waals surface area contributed by atoms with E-state index >= 15 is 0 Å². The third kappa shape index (κ3) is 4.56. The number of amides is 2. The lowest BCUT2D eigenvalue weighted by molar-refractivity contribution is -0.137. The highest BCUT2D eigenvalue weighted by Crippen LogP contribution is 2.39. The van der Waals surface area contributed by atoms with Gasteiger partial charge in [0, 0.05) is 32.9 Å². The third-order valence-electron chi connectivity index (χ3n) is 3.80. The molecule has 0 saturated heterocycles. The summed E-state index contributed by atoms with van der Waals surface area (Å²) in [5.41, 5.74) is 1.36. The van der Waals surface area contributed by atoms with Gasteiger partial charge in [0.25, 0.3) is 0 Å². The molecule has 0 unspecified atom stereocenters. The maximum atomic E-state index is 12.0. The zero-order valence-corrected chi connectivity index (χ0v) is 16.1. The van der Waals surface area contributed by atoms with Crippen LogP contribution >= 0.6 is 23.4 Å². The standard InChI is InChI=1S/C19H18ClN3O3S/c1-2-21-19(26)22-14-4-3-5-15-18(14)16(10-23(15)11-17(24)25)27-13-8-6-12(20)7-9-13/h3-10H,2,11H2,1H3,(H,24,25)(H2,21,22,26). The van der Waals surface area contributed by atoms with E-state index in [1.807, 2.05) is 25.1 Å². The number of nitrogens with zero attached hydrogens (tertiary/aromatic N) is 1. The van der Waals surface area contributed by atoms with Crippen LogP contribution in [0.5, 0.6) is 0 Å². The summed E-state index contributed by atoms with van der Waals surface area (Å²) in [5.74, 6) is -0.933. The van der Waals surface area contributed by atoms with Crippen molar-refractivity contribution in [1.29, 1.82) is 0 Å². The van der Waals surface area contributed by atoms with E-state index in [1.54, 1.807) is 35.0 Å². The molecule has 0 fully saturated rings. The molecule has 3 N–H and O–H groups in total. The second-order valence-electron chi connectivity index (χ2n) is 5.76. The molecule has 2 aromatic carbocycles. The molecule has 0 atom stereocenters. The predicted octanol–water partition coefficient (Wildman–Crippen LogP) is 4.67. The Morgan fingerprint density at radius 2 is 1.93 bits per heavy atom. The summed E-state index contributed by atoms with van der Waals surface area (Å²) in [5, 5.41) is 16.2. The first kappa shape index (κ1) is 19.1. The van der Waals surface area contributed by atoms with E-state index in [2.05, 4.69) is 10.6 Å². The smallest absolute Gasteiger partial charge is 0.323 e. The number of aliphatic carboxylic acids is 1. The van der Waals surface area contributed by atoms with Crippen LogP contribution in [0.25, 0.3) is 10.9 Å². The highest BCUT2D eigenvalue weighted by Gasteiger charge is 2.16. The summed E-state index contributed by atoms with van der Waals surface area (Å²) < 4.78 is 1.67. The Morgan fingerprint density at radius 1 is 1.19 bits per heavy atom. The predicted molar refractivity (Wildman–Crippen MR) is 108 cm³/mol. The molecule has 6 nitrogen and oxygen atoms in total. The number of hydrogen-bond donors (Lipinski definition) is 3. The van der Waals surface area contributed by atoms with Crippen molar-refractivity contribution >= 4 is 52.0 Å². The molecule has 1 heterocycles. The molecule has 3 rings (SSSR count). The second-order valence-corrected chi connectivity index (χ2v) is 7.31. The van der Waals surface area contributed by atoms with E-state index in [0.29, 0.717) is 17.3 Å². The van der Waals surface area contributed by atoms with Crippen LogP contribution in [0, 0.1) is 0 Å². The third-order valence-corrected chi connectivity index (χ3v) is 5.09. The Kier molecular flexibility index (Phi) is 5.93. The van der Waals surface area contributed by atoms with Gasteiger partial charge in [0.1, 0.15) is 6.54 Å². The van der Waals surface area contributed by atoms with Crippen LogP contribution in [0.1, 0.15) is 6.92 Å². The molecule has 3 aromatic rings. The zero-order chi connectivity index (χ0) is 19.4. The monoisotopic (exact) mass is 403 g/mol. The Balaban J connectivity index is 2.07. The van der Waals surface area contributed by atoms with Gasteiger partial charge in [-0.1, -0.05) is 29.4 Å². The van der Waals surface area contributed by atoms with Crippen LogP contribution in [-0.2, 0) is 11.3 Å². The maximum absolute atomic E-state index is 12.0. The number of anilines is 1. The first-order chi connectivity index (χ1) is 13.0. The van der Waals surface area contributed by atoms with Crippen molar-refractivity contribution in [1.82, 2.24) is 9.88 Å². The molecule has 8 heteroatoms. The number of rotatable bonds is 6. The fraction of sp³-hybridized carbons (Fsp3) is 0.158. The maximum Gasteiger partial charge on any atom is 0.323 e. The molecule has 0 aliphatic carbocycles. The largest absolute Gasteiger partial charge is 0.480 e. The van der Waals surface area contributed by atoms with Gasteiger partial charge in [-0.25, -0.2) is 4.79 Å². The average molecular weight is 404 g/mol. The molecular weight excluding hydrogens is 386 g/mol. The summed E-state index contributed by atoms with van der Waals surface area (Å²) in [4.78, 5) is 25.1. The van der Waals surface area contributed by atoms with Gasteiger partial charge in [0.15, 0.2) is 0 Å². The van der Waals surface area contributed by atoms with E-state index in [9.17, 15) is 14.7 Å². The number of carbonyl (C=O) groups excluding carboxylic acids is 1. The number of hydrogen-bond acceptors (Lipinski definition) is 3. The van der Waals surface area contributed by atoms with Gasteiger partial charge in [0.05, 0.1) is 11.2 Å². The SMILES string of the molecule is CCNC(=O)Nc1cccc2c1c(Sc1ccc(Cl)cc1)cn2CC(=O)O. The molecule has 0 saturated carbocycles. The van der Waals surface area contributed by atoms with E-state index < -0.39 is 5.97 Å². The minimum Gasteiger partial charge on any atom is -0.480 e.